The number of benzene rings is 2. The lowest BCUT2D eigenvalue weighted by atomic mass is 10.0. The van der Waals surface area contributed by atoms with Crippen molar-refractivity contribution in [2.24, 2.45) is 0 Å². The Morgan fingerprint density at radius 1 is 1.04 bits per heavy atom. The van der Waals surface area contributed by atoms with Gasteiger partial charge in [-0.15, -0.1) is 0 Å². The van der Waals surface area contributed by atoms with Gasteiger partial charge in [-0.05, 0) is 23.3 Å². The van der Waals surface area contributed by atoms with Crippen molar-refractivity contribution in [3.8, 4) is 0 Å². The van der Waals surface area contributed by atoms with Crippen LogP contribution in [0.15, 0.2) is 66.9 Å². The number of ether oxygens (including phenoxy) is 1. The molecule has 0 bridgehead atoms. The van der Waals surface area contributed by atoms with Crippen molar-refractivity contribution in [3.05, 3.63) is 78.0 Å². The molecule has 134 valence electrons. The molecule has 0 radical (unpaired) electrons. The number of nitrogens with zero attached hydrogens (tertiary/aromatic N) is 1. The van der Waals surface area contributed by atoms with E-state index in [1.807, 2.05) is 54.6 Å². The molecule has 1 amide bonds. The molecule has 3 aromatic rings. The van der Waals surface area contributed by atoms with Gasteiger partial charge in [0.2, 0.25) is 0 Å². The summed E-state index contributed by atoms with van der Waals surface area (Å²) < 4.78 is 5.08. The van der Waals surface area contributed by atoms with E-state index < -0.39 is 18.3 Å². The number of nitrogens with one attached hydrogen (secondary N) is 1. The molecular weight excluding hydrogens is 332 g/mol. The normalized spacial score (nSPS) is 13.2. The van der Waals surface area contributed by atoms with Crippen LogP contribution >= 0.6 is 0 Å². The van der Waals surface area contributed by atoms with E-state index in [9.17, 15) is 15.0 Å². The number of aromatic nitrogens is 1. The van der Waals surface area contributed by atoms with Crippen LogP contribution in [-0.2, 0) is 11.3 Å². The average Bonchev–Trinajstić information content (AvgIpc) is 2.70. The molecular formula is C20H20N2O4. The van der Waals surface area contributed by atoms with Crippen molar-refractivity contribution in [2.75, 3.05) is 6.54 Å². The summed E-state index contributed by atoms with van der Waals surface area (Å²) in [6.07, 6.45) is -1.41. The minimum Gasteiger partial charge on any atom is -0.445 e. The molecule has 0 saturated heterocycles. The Kier molecular flexibility index (Phi) is 5.78. The number of carbonyl (C=O) groups excluding carboxylic acids is 1. The standard InChI is InChI=1S/C20H20N2O4/c23-18(12-22-20(25)26-13-14-6-2-1-3-7-14)19(24)16-10-11-21-17-9-5-4-8-15(16)17/h1-11,18-19,23-24H,12-13H2,(H,22,25). The van der Waals surface area contributed by atoms with Gasteiger partial charge in [0.05, 0.1) is 5.52 Å². The Hall–Kier alpha value is -2.96. The lowest BCUT2D eigenvalue weighted by Crippen LogP contribution is -2.35. The molecule has 0 spiro atoms. The van der Waals surface area contributed by atoms with E-state index in [0.717, 1.165) is 16.5 Å². The molecule has 6 nitrogen and oxygen atoms in total. The maximum absolute atomic E-state index is 11.8. The van der Waals surface area contributed by atoms with E-state index >= 15 is 0 Å². The number of para-hydroxylation sites is 1. The highest BCUT2D eigenvalue weighted by Gasteiger charge is 2.21. The third-order valence-electron chi connectivity index (χ3n) is 4.03. The van der Waals surface area contributed by atoms with Gasteiger partial charge in [0.1, 0.15) is 18.8 Å². The average molecular weight is 352 g/mol. The molecule has 2 unspecified atom stereocenters. The van der Waals surface area contributed by atoms with Gasteiger partial charge in [-0.25, -0.2) is 4.79 Å². The summed E-state index contributed by atoms with van der Waals surface area (Å²) >= 11 is 0. The van der Waals surface area contributed by atoms with Crippen molar-refractivity contribution in [2.45, 2.75) is 18.8 Å². The highest BCUT2D eigenvalue weighted by Crippen LogP contribution is 2.24. The summed E-state index contributed by atoms with van der Waals surface area (Å²) in [5.74, 6) is 0. The molecule has 0 fully saturated rings. The number of hydrogen-bond donors (Lipinski definition) is 3. The minimum atomic E-state index is -1.18. The Morgan fingerprint density at radius 3 is 2.58 bits per heavy atom. The van der Waals surface area contributed by atoms with Gasteiger partial charge in [-0.3, -0.25) is 4.98 Å². The van der Waals surface area contributed by atoms with Crippen LogP contribution in [0.2, 0.25) is 0 Å². The summed E-state index contributed by atoms with van der Waals surface area (Å²) in [6, 6.07) is 18.3. The SMILES string of the molecule is O=C(NCC(O)C(O)c1ccnc2ccccc12)OCc1ccccc1. The van der Waals surface area contributed by atoms with E-state index in [4.69, 9.17) is 4.74 Å². The van der Waals surface area contributed by atoms with Crippen molar-refractivity contribution in [1.29, 1.82) is 0 Å². The molecule has 3 N–H and O–H groups in total. The summed E-state index contributed by atoms with van der Waals surface area (Å²) in [6.45, 7) is 0.00571. The third kappa shape index (κ3) is 4.36. The number of amides is 1. The summed E-state index contributed by atoms with van der Waals surface area (Å²) in [7, 11) is 0. The van der Waals surface area contributed by atoms with Crippen LogP contribution in [0.1, 0.15) is 17.2 Å². The molecule has 0 aliphatic heterocycles. The second-order valence-electron chi connectivity index (χ2n) is 5.87. The Bertz CT molecular complexity index is 865. The maximum Gasteiger partial charge on any atom is 0.407 e. The van der Waals surface area contributed by atoms with E-state index in [-0.39, 0.29) is 13.2 Å². The molecule has 3 rings (SSSR count). The van der Waals surface area contributed by atoms with Gasteiger partial charge in [-0.2, -0.15) is 0 Å². The van der Waals surface area contributed by atoms with Crippen molar-refractivity contribution < 1.29 is 19.7 Å². The summed E-state index contributed by atoms with van der Waals surface area (Å²) in [4.78, 5) is 16.0. The largest absolute Gasteiger partial charge is 0.445 e. The van der Waals surface area contributed by atoms with E-state index in [1.54, 1.807) is 12.3 Å². The second-order valence-corrected chi connectivity index (χ2v) is 5.87. The topological polar surface area (TPSA) is 91.7 Å². The minimum absolute atomic E-state index is 0.133. The molecule has 1 aromatic heterocycles. The first kappa shape index (κ1) is 17.8. The lowest BCUT2D eigenvalue weighted by Gasteiger charge is -2.20. The lowest BCUT2D eigenvalue weighted by molar-refractivity contribution is 0.0192. The van der Waals surface area contributed by atoms with Crippen LogP contribution in [0.4, 0.5) is 4.79 Å². The number of pyridine rings is 1. The monoisotopic (exact) mass is 352 g/mol. The van der Waals surface area contributed by atoms with Crippen molar-refractivity contribution in [3.63, 3.8) is 0 Å². The molecule has 0 saturated carbocycles. The van der Waals surface area contributed by atoms with E-state index in [1.165, 1.54) is 0 Å². The quantitative estimate of drug-likeness (QED) is 0.634. The number of alkyl carbamates (subject to hydrolysis) is 1. The van der Waals surface area contributed by atoms with Crippen molar-refractivity contribution >= 4 is 17.0 Å². The van der Waals surface area contributed by atoms with Gasteiger partial charge >= 0.3 is 6.09 Å². The molecule has 26 heavy (non-hydrogen) atoms. The Labute approximate surface area is 151 Å². The zero-order valence-corrected chi connectivity index (χ0v) is 14.1. The summed E-state index contributed by atoms with van der Waals surface area (Å²) in [5.41, 5.74) is 2.15. The number of hydrogen-bond acceptors (Lipinski definition) is 5. The summed E-state index contributed by atoms with van der Waals surface area (Å²) in [5, 5.41) is 23.9. The van der Waals surface area contributed by atoms with E-state index in [2.05, 4.69) is 10.3 Å². The number of fused-ring (bicyclic) bond motifs is 1. The van der Waals surface area contributed by atoms with Gasteiger partial charge in [0.25, 0.3) is 0 Å². The number of aliphatic hydroxyl groups excluding tert-OH is 2. The van der Waals surface area contributed by atoms with Gasteiger partial charge in [-0.1, -0.05) is 48.5 Å². The fourth-order valence-electron chi connectivity index (χ4n) is 2.66. The predicted molar refractivity (Wildman–Crippen MR) is 97.3 cm³/mol. The van der Waals surface area contributed by atoms with Crippen molar-refractivity contribution in [1.82, 2.24) is 10.3 Å². The van der Waals surface area contributed by atoms with Crippen LogP contribution in [0.3, 0.4) is 0 Å². The first-order chi connectivity index (χ1) is 12.6. The highest BCUT2D eigenvalue weighted by atomic mass is 16.5. The first-order valence-corrected chi connectivity index (χ1v) is 8.29. The highest BCUT2D eigenvalue weighted by molar-refractivity contribution is 5.82. The Morgan fingerprint density at radius 2 is 1.77 bits per heavy atom. The fourth-order valence-corrected chi connectivity index (χ4v) is 2.66. The van der Waals surface area contributed by atoms with E-state index in [0.29, 0.717) is 5.56 Å². The van der Waals surface area contributed by atoms with Crippen LogP contribution in [0.5, 0.6) is 0 Å². The van der Waals surface area contributed by atoms with Gasteiger partial charge < -0.3 is 20.3 Å². The molecule has 1 heterocycles. The molecule has 0 aliphatic carbocycles. The predicted octanol–water partition coefficient (Wildman–Crippen LogP) is 2.56. The number of carbonyl (C=O) groups is 1. The third-order valence-corrected chi connectivity index (χ3v) is 4.03. The first-order valence-electron chi connectivity index (χ1n) is 8.29. The number of aliphatic hydroxyl groups is 2. The molecule has 0 aliphatic rings. The van der Waals surface area contributed by atoms with Crippen LogP contribution < -0.4 is 5.32 Å². The Balaban J connectivity index is 1.55. The van der Waals surface area contributed by atoms with Crippen LogP contribution in [0, 0.1) is 0 Å². The van der Waals surface area contributed by atoms with Crippen LogP contribution in [0.25, 0.3) is 10.9 Å². The molecule has 2 atom stereocenters. The zero-order chi connectivity index (χ0) is 18.4. The zero-order valence-electron chi connectivity index (χ0n) is 14.1. The number of rotatable bonds is 6. The maximum atomic E-state index is 11.8. The molecule has 2 aromatic carbocycles. The fraction of sp³-hybridized carbons (Fsp3) is 0.200. The van der Waals surface area contributed by atoms with Gasteiger partial charge in [0.15, 0.2) is 0 Å². The van der Waals surface area contributed by atoms with Crippen LogP contribution in [-0.4, -0.2) is 33.9 Å². The smallest absolute Gasteiger partial charge is 0.407 e. The second kappa shape index (κ2) is 8.42. The van der Waals surface area contributed by atoms with Gasteiger partial charge in [0, 0.05) is 18.1 Å². The molecule has 6 heteroatoms.